The van der Waals surface area contributed by atoms with Gasteiger partial charge in [-0.15, -0.1) is 0 Å². The highest BCUT2D eigenvalue weighted by Crippen LogP contribution is 2.38. The molecular weight excluding hydrogens is 322 g/mol. The van der Waals surface area contributed by atoms with Crippen LogP contribution in [0.25, 0.3) is 0 Å². The number of hydrogen-bond donors (Lipinski definition) is 1. The van der Waals surface area contributed by atoms with Crippen LogP contribution in [0.4, 0.5) is 0 Å². The van der Waals surface area contributed by atoms with Crippen LogP contribution in [0.2, 0.25) is 0 Å². The minimum Gasteiger partial charge on any atom is -0.493 e. The zero-order valence-electron chi connectivity index (χ0n) is 12.0. The number of benzene rings is 1. The van der Waals surface area contributed by atoms with Gasteiger partial charge in [0.15, 0.2) is 11.5 Å². The largest absolute Gasteiger partial charge is 0.493 e. The zero-order valence-corrected chi connectivity index (χ0v) is 13.6. The minimum atomic E-state index is 0.119. The number of methoxy groups -OCH3 is 1. The molecule has 0 aromatic heterocycles. The summed E-state index contributed by atoms with van der Waals surface area (Å²) in [5, 5.41) is 0. The Hall–Kier alpha value is -0.780. The smallest absolute Gasteiger partial charge is 0.175 e. The molecule has 5 heteroatoms. The number of halogens is 1. The molecule has 1 aliphatic heterocycles. The maximum atomic E-state index is 6.08. The van der Waals surface area contributed by atoms with Crippen molar-refractivity contribution in [2.24, 2.45) is 5.73 Å². The van der Waals surface area contributed by atoms with Gasteiger partial charge in [0, 0.05) is 18.9 Å². The van der Waals surface area contributed by atoms with Gasteiger partial charge in [0.25, 0.3) is 0 Å². The predicted octanol–water partition coefficient (Wildman–Crippen LogP) is 2.91. The van der Waals surface area contributed by atoms with E-state index in [1.165, 1.54) is 0 Å². The highest BCUT2D eigenvalue weighted by Gasteiger charge is 2.20. The van der Waals surface area contributed by atoms with Crippen molar-refractivity contribution < 1.29 is 14.2 Å². The summed E-state index contributed by atoms with van der Waals surface area (Å²) < 4.78 is 17.8. The van der Waals surface area contributed by atoms with Crippen LogP contribution in [0.15, 0.2) is 16.6 Å². The second-order valence-electron chi connectivity index (χ2n) is 5.22. The van der Waals surface area contributed by atoms with E-state index in [1.54, 1.807) is 7.11 Å². The second kappa shape index (κ2) is 7.29. The van der Waals surface area contributed by atoms with E-state index in [0.29, 0.717) is 0 Å². The maximum absolute atomic E-state index is 6.08. The lowest BCUT2D eigenvalue weighted by Crippen LogP contribution is -2.26. The Morgan fingerprint density at radius 1 is 1.40 bits per heavy atom. The van der Waals surface area contributed by atoms with E-state index in [0.717, 1.165) is 54.0 Å². The van der Waals surface area contributed by atoms with E-state index >= 15 is 0 Å². The van der Waals surface area contributed by atoms with Gasteiger partial charge < -0.3 is 19.9 Å². The average Bonchev–Trinajstić information content (AvgIpc) is 2.42. The number of nitrogens with two attached hydrogens (primary N) is 1. The first-order valence-corrected chi connectivity index (χ1v) is 7.76. The van der Waals surface area contributed by atoms with Gasteiger partial charge in [0.2, 0.25) is 0 Å². The molecule has 1 aromatic rings. The van der Waals surface area contributed by atoms with E-state index in [4.69, 9.17) is 19.9 Å². The molecule has 1 fully saturated rings. The van der Waals surface area contributed by atoms with Crippen molar-refractivity contribution in [3.8, 4) is 11.5 Å². The summed E-state index contributed by atoms with van der Waals surface area (Å²) in [7, 11) is 1.66. The van der Waals surface area contributed by atoms with E-state index in [2.05, 4.69) is 22.0 Å². The topological polar surface area (TPSA) is 53.7 Å². The van der Waals surface area contributed by atoms with Gasteiger partial charge in [-0.05, 0) is 47.0 Å². The predicted molar refractivity (Wildman–Crippen MR) is 82.5 cm³/mol. The molecule has 1 heterocycles. The lowest BCUT2D eigenvalue weighted by molar-refractivity contribution is 0.0242. The summed E-state index contributed by atoms with van der Waals surface area (Å²) in [6.07, 6.45) is 2.83. The Balaban J connectivity index is 2.18. The lowest BCUT2D eigenvalue weighted by atomic mass is 10.1. The van der Waals surface area contributed by atoms with Crippen molar-refractivity contribution in [2.45, 2.75) is 38.3 Å². The number of hydrogen-bond acceptors (Lipinski definition) is 4. The van der Waals surface area contributed by atoms with Crippen LogP contribution in [0.3, 0.4) is 0 Å². The van der Waals surface area contributed by atoms with Crippen LogP contribution in [-0.4, -0.2) is 32.5 Å². The third-order valence-corrected chi connectivity index (χ3v) is 3.89. The Morgan fingerprint density at radius 3 is 2.70 bits per heavy atom. The van der Waals surface area contributed by atoms with Crippen LogP contribution in [0.1, 0.15) is 25.3 Å². The van der Waals surface area contributed by atoms with Crippen LogP contribution in [0.5, 0.6) is 11.5 Å². The van der Waals surface area contributed by atoms with Gasteiger partial charge in [-0.2, -0.15) is 0 Å². The van der Waals surface area contributed by atoms with Crippen LogP contribution in [0, 0.1) is 0 Å². The first kappa shape index (κ1) is 15.6. The van der Waals surface area contributed by atoms with E-state index < -0.39 is 0 Å². The van der Waals surface area contributed by atoms with Crippen molar-refractivity contribution in [1.29, 1.82) is 0 Å². The molecule has 1 saturated heterocycles. The lowest BCUT2D eigenvalue weighted by Gasteiger charge is -2.25. The Morgan fingerprint density at radius 2 is 2.10 bits per heavy atom. The third kappa shape index (κ3) is 4.11. The van der Waals surface area contributed by atoms with Gasteiger partial charge in [-0.1, -0.05) is 0 Å². The Bertz CT molecular complexity index is 445. The molecule has 1 unspecified atom stereocenters. The molecule has 0 spiro atoms. The zero-order chi connectivity index (χ0) is 14.5. The second-order valence-corrected chi connectivity index (χ2v) is 6.07. The Kier molecular flexibility index (Phi) is 5.69. The van der Waals surface area contributed by atoms with E-state index in [1.807, 2.05) is 13.0 Å². The fourth-order valence-corrected chi connectivity index (χ4v) is 2.92. The van der Waals surface area contributed by atoms with Crippen molar-refractivity contribution >= 4 is 15.9 Å². The molecular formula is C15H22BrNO3. The fraction of sp³-hybridized carbons (Fsp3) is 0.600. The summed E-state index contributed by atoms with van der Waals surface area (Å²) >= 11 is 3.58. The molecule has 0 amide bonds. The molecule has 20 heavy (non-hydrogen) atoms. The SMILES string of the molecule is COc1cc(CC(C)N)cc(Br)c1OC1CCOCC1. The van der Waals surface area contributed by atoms with Crippen molar-refractivity contribution in [3.63, 3.8) is 0 Å². The summed E-state index contributed by atoms with van der Waals surface area (Å²) in [6.45, 7) is 3.51. The average molecular weight is 344 g/mol. The monoisotopic (exact) mass is 343 g/mol. The van der Waals surface area contributed by atoms with Crippen molar-refractivity contribution in [2.75, 3.05) is 20.3 Å². The molecule has 1 aromatic carbocycles. The molecule has 0 aliphatic carbocycles. The van der Waals surface area contributed by atoms with Gasteiger partial charge in [0.05, 0.1) is 24.8 Å². The van der Waals surface area contributed by atoms with E-state index in [9.17, 15) is 0 Å². The molecule has 2 rings (SSSR count). The van der Waals surface area contributed by atoms with Crippen molar-refractivity contribution in [3.05, 3.63) is 22.2 Å². The molecule has 1 atom stereocenters. The minimum absolute atomic E-state index is 0.119. The summed E-state index contributed by atoms with van der Waals surface area (Å²) in [5.41, 5.74) is 6.99. The number of ether oxygens (including phenoxy) is 3. The standard InChI is InChI=1S/C15H22BrNO3/c1-10(17)7-11-8-13(16)15(14(9-11)18-2)20-12-3-5-19-6-4-12/h8-10,12H,3-7,17H2,1-2H3. The van der Waals surface area contributed by atoms with Crippen LogP contribution >= 0.6 is 15.9 Å². The molecule has 0 bridgehead atoms. The summed E-state index contributed by atoms with van der Waals surface area (Å²) in [4.78, 5) is 0. The number of rotatable bonds is 5. The van der Waals surface area contributed by atoms with Crippen LogP contribution in [-0.2, 0) is 11.2 Å². The molecule has 112 valence electrons. The van der Waals surface area contributed by atoms with E-state index in [-0.39, 0.29) is 12.1 Å². The fourth-order valence-electron chi connectivity index (χ4n) is 2.34. The van der Waals surface area contributed by atoms with Crippen molar-refractivity contribution in [1.82, 2.24) is 0 Å². The summed E-state index contributed by atoms with van der Waals surface area (Å²) in [5.74, 6) is 1.52. The normalized spacial score (nSPS) is 17.8. The van der Waals surface area contributed by atoms with Gasteiger partial charge >= 0.3 is 0 Å². The quantitative estimate of drug-likeness (QED) is 0.892. The molecule has 1 aliphatic rings. The molecule has 4 nitrogen and oxygen atoms in total. The maximum Gasteiger partial charge on any atom is 0.175 e. The highest BCUT2D eigenvalue weighted by molar-refractivity contribution is 9.10. The molecule has 0 saturated carbocycles. The summed E-state index contributed by atoms with van der Waals surface area (Å²) in [6, 6.07) is 4.18. The van der Waals surface area contributed by atoms with Gasteiger partial charge in [-0.3, -0.25) is 0 Å². The van der Waals surface area contributed by atoms with Gasteiger partial charge in [-0.25, -0.2) is 0 Å². The first-order chi connectivity index (χ1) is 9.60. The van der Waals surface area contributed by atoms with Crippen LogP contribution < -0.4 is 15.2 Å². The Labute approximate surface area is 128 Å². The highest BCUT2D eigenvalue weighted by atomic mass is 79.9. The molecule has 2 N–H and O–H groups in total. The first-order valence-electron chi connectivity index (χ1n) is 6.96. The third-order valence-electron chi connectivity index (χ3n) is 3.30. The van der Waals surface area contributed by atoms with Gasteiger partial charge in [0.1, 0.15) is 6.10 Å². The molecule has 0 radical (unpaired) electrons.